The van der Waals surface area contributed by atoms with Crippen LogP contribution in [0.25, 0.3) is 10.9 Å². The highest BCUT2D eigenvalue weighted by atomic mass is 32.1. The summed E-state index contributed by atoms with van der Waals surface area (Å²) >= 11 is 1.70. The molecule has 5 nitrogen and oxygen atoms in total. The maximum Gasteiger partial charge on any atom is 0.239 e. The lowest BCUT2D eigenvalue weighted by Crippen LogP contribution is -2.33. The average molecular weight is 401 g/mol. The second-order valence-corrected chi connectivity index (χ2v) is 7.68. The molecule has 144 valence electrons. The lowest BCUT2D eigenvalue weighted by atomic mass is 9.96. The first-order chi connectivity index (χ1) is 14.2. The summed E-state index contributed by atoms with van der Waals surface area (Å²) in [5.74, 6) is 0.0146. The minimum absolute atomic E-state index is 0.0734. The predicted octanol–water partition coefficient (Wildman–Crippen LogP) is 4.46. The Morgan fingerprint density at radius 2 is 1.93 bits per heavy atom. The topological polar surface area (TPSA) is 80.7 Å². The second kappa shape index (κ2) is 8.63. The number of anilines is 1. The van der Waals surface area contributed by atoms with E-state index >= 15 is 0 Å². The zero-order valence-electron chi connectivity index (χ0n) is 15.7. The first-order valence-electron chi connectivity index (χ1n) is 9.35. The zero-order chi connectivity index (χ0) is 20.1. The van der Waals surface area contributed by atoms with Gasteiger partial charge >= 0.3 is 0 Å². The molecule has 0 aliphatic heterocycles. The van der Waals surface area contributed by atoms with Gasteiger partial charge in [-0.25, -0.2) is 0 Å². The second-order valence-electron chi connectivity index (χ2n) is 6.70. The molecule has 2 aromatic heterocycles. The molecule has 0 spiro atoms. The van der Waals surface area contributed by atoms with E-state index in [9.17, 15) is 4.79 Å². The Labute approximate surface area is 173 Å². The van der Waals surface area contributed by atoms with Crippen LogP contribution in [0, 0.1) is 11.3 Å². The van der Waals surface area contributed by atoms with Crippen LogP contribution in [0.5, 0.6) is 0 Å². The van der Waals surface area contributed by atoms with Crippen molar-refractivity contribution in [3.8, 4) is 6.07 Å². The molecular weight excluding hydrogens is 380 g/mol. The van der Waals surface area contributed by atoms with Gasteiger partial charge in [0, 0.05) is 40.1 Å². The number of amides is 1. The Hall–Kier alpha value is -3.56. The molecule has 0 saturated carbocycles. The highest BCUT2D eigenvalue weighted by molar-refractivity contribution is 7.10. The van der Waals surface area contributed by atoms with Gasteiger partial charge < -0.3 is 15.6 Å². The number of para-hydroxylation sites is 1. The van der Waals surface area contributed by atoms with Gasteiger partial charge in [-0.2, -0.15) is 5.26 Å². The Kier molecular flexibility index (Phi) is 5.59. The summed E-state index contributed by atoms with van der Waals surface area (Å²) < 4.78 is 0. The van der Waals surface area contributed by atoms with Crippen LogP contribution >= 0.6 is 11.3 Å². The number of aromatic amines is 1. The van der Waals surface area contributed by atoms with E-state index in [2.05, 4.69) is 45.3 Å². The standard InChI is InChI=1S/C23H20N4OS/c24-12-16-7-9-17(10-8-16)25-15-23(28)27-14-20(22-6-3-11-29-22)19-13-26-21-5-2-1-4-18(19)21/h1-11,13,20,25-26H,14-15H2,(H,27,28). The number of hydrogen-bond donors (Lipinski definition) is 3. The number of aromatic nitrogens is 1. The number of carbonyl (C=O) groups is 1. The van der Waals surface area contributed by atoms with Crippen molar-refractivity contribution in [2.75, 3.05) is 18.4 Å². The lowest BCUT2D eigenvalue weighted by Gasteiger charge is -2.16. The molecule has 0 radical (unpaired) electrons. The molecule has 0 aliphatic rings. The number of carbonyl (C=O) groups excluding carboxylic acids is 1. The van der Waals surface area contributed by atoms with E-state index in [0.29, 0.717) is 12.1 Å². The van der Waals surface area contributed by atoms with Gasteiger partial charge in [0.1, 0.15) is 0 Å². The average Bonchev–Trinajstić information content (AvgIpc) is 3.44. The number of thiophene rings is 1. The molecule has 4 rings (SSSR count). The molecule has 2 aromatic carbocycles. The Balaban J connectivity index is 1.43. The fourth-order valence-electron chi connectivity index (χ4n) is 3.36. The molecule has 3 N–H and O–H groups in total. The van der Waals surface area contributed by atoms with Crippen LogP contribution in [0.15, 0.2) is 72.2 Å². The van der Waals surface area contributed by atoms with Crippen LogP contribution in [0.2, 0.25) is 0 Å². The van der Waals surface area contributed by atoms with Crippen molar-refractivity contribution in [2.24, 2.45) is 0 Å². The van der Waals surface area contributed by atoms with E-state index in [-0.39, 0.29) is 18.4 Å². The monoisotopic (exact) mass is 400 g/mol. The van der Waals surface area contributed by atoms with Crippen molar-refractivity contribution in [1.82, 2.24) is 10.3 Å². The van der Waals surface area contributed by atoms with E-state index in [1.165, 1.54) is 15.8 Å². The molecule has 0 saturated heterocycles. The molecular formula is C23H20N4OS. The van der Waals surface area contributed by atoms with Gasteiger partial charge in [-0.15, -0.1) is 11.3 Å². The van der Waals surface area contributed by atoms with Crippen molar-refractivity contribution >= 4 is 33.8 Å². The lowest BCUT2D eigenvalue weighted by molar-refractivity contribution is -0.119. The van der Waals surface area contributed by atoms with Crippen LogP contribution in [0.1, 0.15) is 21.9 Å². The maximum absolute atomic E-state index is 12.4. The third kappa shape index (κ3) is 4.31. The van der Waals surface area contributed by atoms with E-state index in [1.54, 1.807) is 35.6 Å². The predicted molar refractivity (Wildman–Crippen MR) is 117 cm³/mol. The van der Waals surface area contributed by atoms with Gasteiger partial charge in [0.05, 0.1) is 18.2 Å². The fourth-order valence-corrected chi connectivity index (χ4v) is 4.20. The van der Waals surface area contributed by atoms with Crippen molar-refractivity contribution in [3.05, 3.63) is 88.2 Å². The molecule has 6 heteroatoms. The Bertz CT molecular complexity index is 1140. The smallest absolute Gasteiger partial charge is 0.239 e. The van der Waals surface area contributed by atoms with Gasteiger partial charge in [-0.3, -0.25) is 4.79 Å². The molecule has 0 bridgehead atoms. The molecule has 0 aliphatic carbocycles. The maximum atomic E-state index is 12.4. The molecule has 29 heavy (non-hydrogen) atoms. The summed E-state index contributed by atoms with van der Waals surface area (Å²) in [4.78, 5) is 17.0. The largest absolute Gasteiger partial charge is 0.376 e. The first kappa shape index (κ1) is 18.8. The SMILES string of the molecule is N#Cc1ccc(NCC(=O)NCC(c2cccs2)c2c[nH]c3ccccc23)cc1. The van der Waals surface area contributed by atoms with Crippen molar-refractivity contribution in [1.29, 1.82) is 5.26 Å². The fraction of sp³-hybridized carbons (Fsp3) is 0.130. The summed E-state index contributed by atoms with van der Waals surface area (Å²) in [6.07, 6.45) is 2.04. The van der Waals surface area contributed by atoms with E-state index in [4.69, 9.17) is 5.26 Å². The molecule has 4 aromatic rings. The summed E-state index contributed by atoms with van der Waals surface area (Å²) in [6, 6.07) is 21.5. The summed E-state index contributed by atoms with van der Waals surface area (Å²) in [5, 5.41) is 18.2. The third-order valence-corrected chi connectivity index (χ3v) is 5.84. The van der Waals surface area contributed by atoms with E-state index in [1.807, 2.05) is 24.4 Å². The number of rotatable bonds is 7. The zero-order valence-corrected chi connectivity index (χ0v) is 16.5. The van der Waals surface area contributed by atoms with Gasteiger partial charge in [-0.05, 0) is 47.3 Å². The number of nitrogens with zero attached hydrogens (tertiary/aromatic N) is 1. The van der Waals surface area contributed by atoms with Crippen LogP contribution in [-0.4, -0.2) is 24.0 Å². The van der Waals surface area contributed by atoms with Crippen LogP contribution in [0.3, 0.4) is 0 Å². The number of H-pyrrole nitrogens is 1. The molecule has 1 amide bonds. The van der Waals surface area contributed by atoms with Gasteiger partial charge in [0.25, 0.3) is 0 Å². The number of nitriles is 1. The molecule has 1 atom stereocenters. The van der Waals surface area contributed by atoms with Gasteiger partial charge in [-0.1, -0.05) is 24.3 Å². The molecule has 0 fully saturated rings. The Morgan fingerprint density at radius 1 is 1.10 bits per heavy atom. The van der Waals surface area contributed by atoms with E-state index < -0.39 is 0 Å². The normalized spacial score (nSPS) is 11.7. The summed E-state index contributed by atoms with van der Waals surface area (Å²) in [5.41, 5.74) is 3.68. The van der Waals surface area contributed by atoms with E-state index in [0.717, 1.165) is 11.2 Å². The van der Waals surface area contributed by atoms with Crippen molar-refractivity contribution < 1.29 is 4.79 Å². The molecule has 1 unspecified atom stereocenters. The van der Waals surface area contributed by atoms with Crippen molar-refractivity contribution in [3.63, 3.8) is 0 Å². The van der Waals surface area contributed by atoms with Crippen LogP contribution in [0.4, 0.5) is 5.69 Å². The van der Waals surface area contributed by atoms with Crippen LogP contribution < -0.4 is 10.6 Å². The van der Waals surface area contributed by atoms with Gasteiger partial charge in [0.15, 0.2) is 0 Å². The number of nitrogens with one attached hydrogen (secondary N) is 3. The molecule has 2 heterocycles. The highest BCUT2D eigenvalue weighted by Gasteiger charge is 2.19. The van der Waals surface area contributed by atoms with Gasteiger partial charge in [0.2, 0.25) is 5.91 Å². The van der Waals surface area contributed by atoms with Crippen molar-refractivity contribution in [2.45, 2.75) is 5.92 Å². The highest BCUT2D eigenvalue weighted by Crippen LogP contribution is 2.32. The Morgan fingerprint density at radius 3 is 2.69 bits per heavy atom. The number of benzene rings is 2. The number of hydrogen-bond acceptors (Lipinski definition) is 4. The number of fused-ring (bicyclic) bond motifs is 1. The summed E-state index contributed by atoms with van der Waals surface area (Å²) in [6.45, 7) is 0.702. The quantitative estimate of drug-likeness (QED) is 0.428. The third-order valence-electron chi connectivity index (χ3n) is 4.85. The first-order valence-corrected chi connectivity index (χ1v) is 10.2. The minimum atomic E-state index is -0.0734. The minimum Gasteiger partial charge on any atom is -0.376 e. The summed E-state index contributed by atoms with van der Waals surface area (Å²) in [7, 11) is 0. The van der Waals surface area contributed by atoms with Crippen LogP contribution in [-0.2, 0) is 4.79 Å².